The highest BCUT2D eigenvalue weighted by atomic mass is 16.5. The zero-order valence-electron chi connectivity index (χ0n) is 12.6. The number of ether oxygens (including phenoxy) is 2. The zero-order valence-corrected chi connectivity index (χ0v) is 12.6. The summed E-state index contributed by atoms with van der Waals surface area (Å²) in [5.41, 5.74) is 0. The van der Waals surface area contributed by atoms with Crippen LogP contribution in [-0.2, 0) is 0 Å². The van der Waals surface area contributed by atoms with Crippen molar-refractivity contribution >= 4 is 5.82 Å². The lowest BCUT2D eigenvalue weighted by atomic mass is 9.98. The summed E-state index contributed by atoms with van der Waals surface area (Å²) in [5, 5.41) is 0. The van der Waals surface area contributed by atoms with E-state index in [1.165, 1.54) is 6.33 Å². The van der Waals surface area contributed by atoms with Crippen molar-refractivity contribution < 1.29 is 9.47 Å². The Bertz CT molecular complexity index is 587. The van der Waals surface area contributed by atoms with Crippen LogP contribution in [0.3, 0.4) is 0 Å². The predicted molar refractivity (Wildman–Crippen MR) is 81.0 cm³/mol. The molecule has 0 aromatic carbocycles. The third kappa shape index (κ3) is 3.60. The van der Waals surface area contributed by atoms with Crippen LogP contribution in [0.15, 0.2) is 30.9 Å². The lowest BCUT2D eigenvalue weighted by Gasteiger charge is -2.32. The molecule has 0 radical (unpaired) electrons. The van der Waals surface area contributed by atoms with E-state index in [9.17, 15) is 0 Å². The van der Waals surface area contributed by atoms with Gasteiger partial charge in [-0.1, -0.05) is 0 Å². The van der Waals surface area contributed by atoms with Crippen molar-refractivity contribution in [1.82, 2.24) is 19.9 Å². The predicted octanol–water partition coefficient (Wildman–Crippen LogP) is 1.57. The van der Waals surface area contributed by atoms with E-state index >= 15 is 0 Å². The summed E-state index contributed by atoms with van der Waals surface area (Å²) >= 11 is 0. The van der Waals surface area contributed by atoms with Gasteiger partial charge >= 0.3 is 6.01 Å². The summed E-state index contributed by atoms with van der Waals surface area (Å²) in [6.07, 6.45) is 7.02. The molecule has 116 valence electrons. The van der Waals surface area contributed by atoms with Crippen LogP contribution in [0.5, 0.6) is 11.9 Å². The molecule has 3 heterocycles. The van der Waals surface area contributed by atoms with E-state index in [1.54, 1.807) is 25.6 Å². The van der Waals surface area contributed by atoms with E-state index < -0.39 is 0 Å². The third-order valence-electron chi connectivity index (χ3n) is 3.77. The molecule has 2 aromatic rings. The Labute approximate surface area is 129 Å². The van der Waals surface area contributed by atoms with Gasteiger partial charge in [0.05, 0.1) is 13.7 Å². The summed E-state index contributed by atoms with van der Waals surface area (Å²) in [6, 6.07) is 4.10. The van der Waals surface area contributed by atoms with Gasteiger partial charge in [0.1, 0.15) is 12.1 Å². The number of aromatic nitrogens is 4. The van der Waals surface area contributed by atoms with Gasteiger partial charge in [-0.05, 0) is 24.8 Å². The van der Waals surface area contributed by atoms with Gasteiger partial charge in [-0.3, -0.25) is 0 Å². The SMILES string of the molecule is COc1cc(N2CCC(COc3ncccn3)CC2)ncn1. The molecule has 0 bridgehead atoms. The van der Waals surface area contributed by atoms with Crippen molar-refractivity contribution in [3.05, 3.63) is 30.9 Å². The Morgan fingerprint density at radius 3 is 2.64 bits per heavy atom. The molecule has 0 N–H and O–H groups in total. The molecule has 0 amide bonds. The second kappa shape index (κ2) is 7.02. The van der Waals surface area contributed by atoms with Crippen LogP contribution < -0.4 is 14.4 Å². The first-order valence-corrected chi connectivity index (χ1v) is 7.36. The largest absolute Gasteiger partial charge is 0.481 e. The molecular weight excluding hydrogens is 282 g/mol. The molecule has 1 fully saturated rings. The molecule has 1 aliphatic heterocycles. The Balaban J connectivity index is 1.49. The fourth-order valence-electron chi connectivity index (χ4n) is 2.50. The zero-order chi connectivity index (χ0) is 15.2. The highest BCUT2D eigenvalue weighted by Crippen LogP contribution is 2.23. The second-order valence-electron chi connectivity index (χ2n) is 5.19. The van der Waals surface area contributed by atoms with Crippen molar-refractivity contribution in [2.24, 2.45) is 5.92 Å². The minimum Gasteiger partial charge on any atom is -0.481 e. The van der Waals surface area contributed by atoms with E-state index in [4.69, 9.17) is 9.47 Å². The van der Waals surface area contributed by atoms with E-state index in [1.807, 2.05) is 6.07 Å². The molecule has 2 aromatic heterocycles. The average molecular weight is 301 g/mol. The normalized spacial score (nSPS) is 15.6. The van der Waals surface area contributed by atoms with Gasteiger partial charge in [0.15, 0.2) is 0 Å². The van der Waals surface area contributed by atoms with Gasteiger partial charge in [0.25, 0.3) is 0 Å². The van der Waals surface area contributed by atoms with Crippen LogP contribution in [0.4, 0.5) is 5.82 Å². The van der Waals surface area contributed by atoms with Crippen LogP contribution in [0, 0.1) is 5.92 Å². The molecule has 0 saturated carbocycles. The number of hydrogen-bond donors (Lipinski definition) is 0. The van der Waals surface area contributed by atoms with Gasteiger partial charge in [-0.2, -0.15) is 0 Å². The highest BCUT2D eigenvalue weighted by Gasteiger charge is 2.21. The fourth-order valence-corrected chi connectivity index (χ4v) is 2.50. The van der Waals surface area contributed by atoms with Crippen LogP contribution in [-0.4, -0.2) is 46.7 Å². The molecule has 7 nitrogen and oxygen atoms in total. The number of anilines is 1. The molecule has 1 saturated heterocycles. The second-order valence-corrected chi connectivity index (χ2v) is 5.19. The highest BCUT2D eigenvalue weighted by molar-refractivity contribution is 5.41. The summed E-state index contributed by atoms with van der Waals surface area (Å²) in [5.74, 6) is 2.03. The topological polar surface area (TPSA) is 73.3 Å². The summed E-state index contributed by atoms with van der Waals surface area (Å²) in [4.78, 5) is 18.7. The van der Waals surface area contributed by atoms with Crippen LogP contribution in [0.1, 0.15) is 12.8 Å². The molecule has 22 heavy (non-hydrogen) atoms. The maximum atomic E-state index is 5.64. The van der Waals surface area contributed by atoms with E-state index in [2.05, 4.69) is 24.8 Å². The van der Waals surface area contributed by atoms with E-state index in [0.717, 1.165) is 31.7 Å². The summed E-state index contributed by atoms with van der Waals surface area (Å²) < 4.78 is 10.8. The van der Waals surface area contributed by atoms with Gasteiger partial charge in [0.2, 0.25) is 5.88 Å². The summed E-state index contributed by atoms with van der Waals surface area (Å²) in [6.45, 7) is 2.55. The molecule has 0 unspecified atom stereocenters. The maximum Gasteiger partial charge on any atom is 0.316 e. The van der Waals surface area contributed by atoms with Crippen molar-refractivity contribution in [2.75, 3.05) is 31.7 Å². The van der Waals surface area contributed by atoms with Crippen LogP contribution >= 0.6 is 0 Å². The van der Waals surface area contributed by atoms with Gasteiger partial charge in [0, 0.05) is 31.5 Å². The smallest absolute Gasteiger partial charge is 0.316 e. The quantitative estimate of drug-likeness (QED) is 0.830. The number of nitrogens with zero attached hydrogens (tertiary/aromatic N) is 5. The van der Waals surface area contributed by atoms with Crippen molar-refractivity contribution in [1.29, 1.82) is 0 Å². The average Bonchev–Trinajstić information content (AvgIpc) is 2.61. The number of methoxy groups -OCH3 is 1. The van der Waals surface area contributed by atoms with Gasteiger partial charge in [-0.25, -0.2) is 19.9 Å². The number of hydrogen-bond acceptors (Lipinski definition) is 7. The van der Waals surface area contributed by atoms with Crippen molar-refractivity contribution in [2.45, 2.75) is 12.8 Å². The fraction of sp³-hybridized carbons (Fsp3) is 0.467. The maximum absolute atomic E-state index is 5.64. The van der Waals surface area contributed by atoms with E-state index in [-0.39, 0.29) is 0 Å². The Morgan fingerprint density at radius 1 is 1.14 bits per heavy atom. The van der Waals surface area contributed by atoms with Gasteiger partial charge in [-0.15, -0.1) is 0 Å². The van der Waals surface area contributed by atoms with E-state index in [0.29, 0.717) is 24.4 Å². The minimum atomic E-state index is 0.450. The van der Waals surface area contributed by atoms with Gasteiger partial charge < -0.3 is 14.4 Å². The van der Waals surface area contributed by atoms with Crippen molar-refractivity contribution in [3.8, 4) is 11.9 Å². The minimum absolute atomic E-state index is 0.450. The van der Waals surface area contributed by atoms with Crippen molar-refractivity contribution in [3.63, 3.8) is 0 Å². The molecule has 0 atom stereocenters. The number of piperidine rings is 1. The molecular formula is C15H19N5O2. The molecule has 1 aliphatic rings. The Kier molecular flexibility index (Phi) is 4.62. The van der Waals surface area contributed by atoms with Crippen LogP contribution in [0.25, 0.3) is 0 Å². The molecule has 7 heteroatoms. The first-order valence-electron chi connectivity index (χ1n) is 7.36. The summed E-state index contributed by atoms with van der Waals surface area (Å²) in [7, 11) is 1.61. The lowest BCUT2D eigenvalue weighted by Crippen LogP contribution is -2.36. The molecule has 3 rings (SSSR count). The Morgan fingerprint density at radius 2 is 1.91 bits per heavy atom. The lowest BCUT2D eigenvalue weighted by molar-refractivity contribution is 0.208. The molecule has 0 aliphatic carbocycles. The standard InChI is InChI=1S/C15H19N5O2/c1-21-14-9-13(18-11-19-14)20-7-3-12(4-8-20)10-22-15-16-5-2-6-17-15/h2,5-6,9,11-12H,3-4,7-8,10H2,1H3. The third-order valence-corrected chi connectivity index (χ3v) is 3.77. The molecule has 0 spiro atoms. The first-order chi connectivity index (χ1) is 10.8. The number of rotatable bonds is 5. The monoisotopic (exact) mass is 301 g/mol. The first kappa shape index (κ1) is 14.5. The Hall–Kier alpha value is -2.44. The van der Waals surface area contributed by atoms with Crippen LogP contribution in [0.2, 0.25) is 0 Å².